The fourth-order valence-electron chi connectivity index (χ4n) is 6.01. The van der Waals surface area contributed by atoms with Gasteiger partial charge in [-0.25, -0.2) is 17.2 Å². The molecule has 0 spiro atoms. The van der Waals surface area contributed by atoms with Crippen LogP contribution in [-0.2, 0) is 14.3 Å². The number of rotatable bonds is 8. The molecule has 0 unspecified atom stereocenters. The molecule has 1 aliphatic heterocycles. The Bertz CT molecular complexity index is 1600. The molecule has 0 aromatic heterocycles. The number of hydrogen-bond donors (Lipinski definition) is 0. The molecule has 9 heteroatoms. The fraction of sp³-hybridized carbons (Fsp3) is 0.273. The monoisotopic (exact) mass is 626 g/mol. The Hall–Kier alpha value is -3.04. The third-order valence-electron chi connectivity index (χ3n) is 7.95. The first-order valence-corrected chi connectivity index (χ1v) is 17.7. The van der Waals surface area contributed by atoms with Crippen LogP contribution >= 0.6 is 11.6 Å². The highest BCUT2D eigenvalue weighted by Gasteiger charge is 2.51. The normalized spacial score (nSPS) is 17.4. The second-order valence-corrected chi connectivity index (χ2v) is 18.4. The van der Waals surface area contributed by atoms with Crippen molar-refractivity contribution >= 4 is 40.1 Å². The lowest BCUT2D eigenvalue weighted by atomic mass is 9.93. The summed E-state index contributed by atoms with van der Waals surface area (Å²) in [5.74, 6) is -2.69. The van der Waals surface area contributed by atoms with E-state index in [0.29, 0.717) is 5.02 Å². The van der Waals surface area contributed by atoms with Gasteiger partial charge in [-0.1, -0.05) is 93.0 Å². The van der Waals surface area contributed by atoms with Crippen molar-refractivity contribution in [1.29, 1.82) is 0 Å². The van der Waals surface area contributed by atoms with Gasteiger partial charge in [0.15, 0.2) is 21.4 Å². The maximum Gasteiger partial charge on any atom is 0.261 e. The van der Waals surface area contributed by atoms with E-state index in [1.165, 1.54) is 24.3 Å². The molecule has 1 aliphatic rings. The molecule has 0 fully saturated rings. The number of sulfone groups is 1. The standard InChI is InChI=1S/C33H33ClF2O4SSi/c1-33(2,3)42(26-10-6-4-7-11-26,27-12-8-5-9-13-27)40-21-20-23-22-39-31-29(36)19-18-28(35)30(31)32(23)41(37,38)25-16-14-24(34)15-17-25/h4-19,23,32H,20-22H2,1-3H3/t23-,32+/m0/s1. The van der Waals surface area contributed by atoms with Crippen LogP contribution in [0.3, 0.4) is 0 Å². The zero-order valence-electron chi connectivity index (χ0n) is 23.7. The average Bonchev–Trinajstić information content (AvgIpc) is 2.97. The zero-order chi connectivity index (χ0) is 30.1. The van der Waals surface area contributed by atoms with Gasteiger partial charge in [0, 0.05) is 17.5 Å². The van der Waals surface area contributed by atoms with Gasteiger partial charge in [-0.15, -0.1) is 0 Å². The summed E-state index contributed by atoms with van der Waals surface area (Å²) in [6.07, 6.45) is 0.247. The third kappa shape index (κ3) is 5.53. The summed E-state index contributed by atoms with van der Waals surface area (Å²) in [6, 6.07) is 27.8. The largest absolute Gasteiger partial charge is 0.490 e. The summed E-state index contributed by atoms with van der Waals surface area (Å²) in [5.41, 5.74) is -0.286. The molecule has 5 rings (SSSR count). The summed E-state index contributed by atoms with van der Waals surface area (Å²) in [4.78, 5) is -0.0219. The van der Waals surface area contributed by atoms with Gasteiger partial charge >= 0.3 is 0 Å². The second kappa shape index (κ2) is 11.9. The van der Waals surface area contributed by atoms with Gasteiger partial charge < -0.3 is 9.16 Å². The Balaban J connectivity index is 1.55. The minimum atomic E-state index is -4.17. The number of halogens is 3. The zero-order valence-corrected chi connectivity index (χ0v) is 26.3. The lowest BCUT2D eigenvalue weighted by Gasteiger charge is -2.43. The Labute approximate surface area is 252 Å². The molecule has 0 aliphatic carbocycles. The van der Waals surface area contributed by atoms with Gasteiger partial charge in [0.2, 0.25) is 0 Å². The van der Waals surface area contributed by atoms with E-state index < -0.39 is 41.0 Å². The van der Waals surface area contributed by atoms with Crippen molar-refractivity contribution in [2.45, 2.75) is 42.4 Å². The summed E-state index contributed by atoms with van der Waals surface area (Å²) >= 11 is 6.02. The van der Waals surface area contributed by atoms with Crippen LogP contribution in [0.5, 0.6) is 5.75 Å². The van der Waals surface area contributed by atoms with Gasteiger partial charge in [-0.05, 0) is 58.2 Å². The molecular formula is C33H33ClF2O4SSi. The number of ether oxygens (including phenoxy) is 1. The van der Waals surface area contributed by atoms with Crippen molar-refractivity contribution in [2.75, 3.05) is 13.2 Å². The quantitative estimate of drug-likeness (QED) is 0.196. The SMILES string of the molecule is CC(C)(C)[Si](OCC[C@H]1COc2c(F)ccc(F)c2[C@@H]1S(=O)(=O)c1ccc(Cl)cc1)(c1ccccc1)c1ccccc1. The molecule has 0 bridgehead atoms. The highest BCUT2D eigenvalue weighted by atomic mass is 35.5. The van der Waals surface area contributed by atoms with E-state index in [0.717, 1.165) is 22.5 Å². The van der Waals surface area contributed by atoms with E-state index in [4.69, 9.17) is 20.8 Å². The third-order valence-corrected chi connectivity index (χ3v) is 15.5. The van der Waals surface area contributed by atoms with Gasteiger partial charge in [0.1, 0.15) is 11.1 Å². The lowest BCUT2D eigenvalue weighted by Crippen LogP contribution is -2.66. The molecule has 2 atom stereocenters. The molecule has 1 heterocycles. The highest BCUT2D eigenvalue weighted by molar-refractivity contribution is 7.91. The second-order valence-electron chi connectivity index (χ2n) is 11.6. The topological polar surface area (TPSA) is 52.6 Å². The number of hydrogen-bond acceptors (Lipinski definition) is 4. The van der Waals surface area contributed by atoms with Crippen LogP contribution in [0.4, 0.5) is 8.78 Å². The molecule has 0 radical (unpaired) electrons. The lowest BCUT2D eigenvalue weighted by molar-refractivity contribution is 0.170. The van der Waals surface area contributed by atoms with E-state index in [2.05, 4.69) is 45.0 Å². The molecular weight excluding hydrogens is 594 g/mol. The molecule has 0 amide bonds. The Morgan fingerprint density at radius 1 is 0.857 bits per heavy atom. The maximum absolute atomic E-state index is 15.3. The molecule has 4 aromatic carbocycles. The van der Waals surface area contributed by atoms with Crippen LogP contribution in [0.15, 0.2) is 102 Å². The molecule has 4 aromatic rings. The van der Waals surface area contributed by atoms with E-state index in [-0.39, 0.29) is 40.9 Å². The predicted molar refractivity (Wildman–Crippen MR) is 165 cm³/mol. The summed E-state index contributed by atoms with van der Waals surface area (Å²) < 4.78 is 71.0. The van der Waals surface area contributed by atoms with Gasteiger partial charge in [-0.2, -0.15) is 0 Å². The Kier molecular flexibility index (Phi) is 8.63. The van der Waals surface area contributed by atoms with Crippen LogP contribution in [0.1, 0.15) is 38.0 Å². The molecule has 42 heavy (non-hydrogen) atoms. The Morgan fingerprint density at radius 3 is 1.95 bits per heavy atom. The van der Waals surface area contributed by atoms with Crippen molar-refractivity contribution in [3.63, 3.8) is 0 Å². The summed E-state index contributed by atoms with van der Waals surface area (Å²) in [6.45, 7) is 6.57. The van der Waals surface area contributed by atoms with E-state index in [9.17, 15) is 12.8 Å². The first kappa shape index (κ1) is 30.4. The van der Waals surface area contributed by atoms with Crippen molar-refractivity contribution in [3.05, 3.63) is 119 Å². The maximum atomic E-state index is 15.3. The molecule has 0 saturated heterocycles. The van der Waals surface area contributed by atoms with Crippen LogP contribution in [0.2, 0.25) is 10.1 Å². The van der Waals surface area contributed by atoms with E-state index in [1.54, 1.807) is 0 Å². The van der Waals surface area contributed by atoms with E-state index >= 15 is 4.39 Å². The summed E-state index contributed by atoms with van der Waals surface area (Å²) in [5, 5.41) is 0.893. The van der Waals surface area contributed by atoms with Crippen molar-refractivity contribution in [3.8, 4) is 5.75 Å². The van der Waals surface area contributed by atoms with Gasteiger partial charge in [0.25, 0.3) is 8.32 Å². The van der Waals surface area contributed by atoms with Crippen LogP contribution in [-0.4, -0.2) is 29.9 Å². The van der Waals surface area contributed by atoms with Crippen molar-refractivity contribution in [2.24, 2.45) is 5.92 Å². The van der Waals surface area contributed by atoms with Crippen molar-refractivity contribution in [1.82, 2.24) is 0 Å². The number of benzene rings is 4. The highest BCUT2D eigenvalue weighted by Crippen LogP contribution is 2.47. The van der Waals surface area contributed by atoms with Crippen LogP contribution in [0, 0.1) is 17.6 Å². The van der Waals surface area contributed by atoms with Crippen LogP contribution < -0.4 is 15.1 Å². The molecule has 4 nitrogen and oxygen atoms in total. The minimum absolute atomic E-state index is 0.0219. The molecule has 0 saturated carbocycles. The summed E-state index contributed by atoms with van der Waals surface area (Å²) in [7, 11) is -7.07. The minimum Gasteiger partial charge on any atom is -0.490 e. The number of fused-ring (bicyclic) bond motifs is 1. The Morgan fingerprint density at radius 2 is 1.40 bits per heavy atom. The molecule has 0 N–H and O–H groups in total. The average molecular weight is 627 g/mol. The fourth-order valence-corrected chi connectivity index (χ4v) is 12.8. The molecule has 220 valence electrons. The predicted octanol–water partition coefficient (Wildman–Crippen LogP) is 7.11. The van der Waals surface area contributed by atoms with Crippen molar-refractivity contribution < 1.29 is 26.4 Å². The van der Waals surface area contributed by atoms with Gasteiger partial charge in [0.05, 0.1) is 17.1 Å². The smallest absolute Gasteiger partial charge is 0.261 e. The van der Waals surface area contributed by atoms with Crippen LogP contribution in [0.25, 0.3) is 0 Å². The first-order chi connectivity index (χ1) is 20.0. The van der Waals surface area contributed by atoms with E-state index in [1.807, 2.05) is 36.4 Å². The first-order valence-electron chi connectivity index (χ1n) is 13.8. The van der Waals surface area contributed by atoms with Gasteiger partial charge in [-0.3, -0.25) is 0 Å².